The van der Waals surface area contributed by atoms with E-state index < -0.39 is 34.8 Å². The third-order valence-electron chi connectivity index (χ3n) is 3.49. The molecule has 0 radical (unpaired) electrons. The fourth-order valence-corrected chi connectivity index (χ4v) is 2.29. The SMILES string of the molecule is C=C1CC(O)(C(F)(F)F)N(C(=O)c2cccc([N+](=O)[O-])c2C)N1. The lowest BCUT2D eigenvalue weighted by atomic mass is 10.0. The summed E-state index contributed by atoms with van der Waals surface area (Å²) in [6, 6.07) is 3.44. The number of rotatable bonds is 2. The summed E-state index contributed by atoms with van der Waals surface area (Å²) in [5.74, 6) is -1.25. The Bertz CT molecular complexity index is 704. The molecule has 0 aromatic heterocycles. The van der Waals surface area contributed by atoms with Gasteiger partial charge in [0.25, 0.3) is 17.3 Å². The first kappa shape index (κ1) is 16.7. The number of hydrazine groups is 1. The second-order valence-corrected chi connectivity index (χ2v) is 5.05. The molecule has 1 unspecified atom stereocenters. The van der Waals surface area contributed by atoms with Gasteiger partial charge in [0.2, 0.25) is 0 Å². The normalized spacial score (nSPS) is 21.3. The van der Waals surface area contributed by atoms with E-state index in [4.69, 9.17) is 0 Å². The van der Waals surface area contributed by atoms with Gasteiger partial charge in [0, 0.05) is 23.7 Å². The second kappa shape index (κ2) is 5.23. The molecule has 0 aliphatic carbocycles. The van der Waals surface area contributed by atoms with Crippen molar-refractivity contribution < 1.29 is 28.0 Å². The minimum absolute atomic E-state index is 0.00138. The van der Waals surface area contributed by atoms with Crippen LogP contribution in [0.5, 0.6) is 0 Å². The summed E-state index contributed by atoms with van der Waals surface area (Å²) in [7, 11) is 0. The molecular weight excluding hydrogens is 319 g/mol. The Balaban J connectivity index is 2.50. The van der Waals surface area contributed by atoms with E-state index in [0.717, 1.165) is 12.1 Å². The Morgan fingerprint density at radius 1 is 1.52 bits per heavy atom. The number of aliphatic hydroxyl groups is 1. The molecule has 0 spiro atoms. The van der Waals surface area contributed by atoms with Crippen LogP contribution in [0.3, 0.4) is 0 Å². The van der Waals surface area contributed by atoms with Gasteiger partial charge >= 0.3 is 6.18 Å². The average Bonchev–Trinajstić information content (AvgIpc) is 2.74. The third kappa shape index (κ3) is 2.61. The van der Waals surface area contributed by atoms with Gasteiger partial charge in [-0.1, -0.05) is 12.6 Å². The number of nitro benzene ring substituents is 1. The van der Waals surface area contributed by atoms with E-state index in [0.29, 0.717) is 0 Å². The van der Waals surface area contributed by atoms with E-state index in [-0.39, 0.29) is 21.8 Å². The van der Waals surface area contributed by atoms with Gasteiger partial charge in [-0.3, -0.25) is 20.3 Å². The summed E-state index contributed by atoms with van der Waals surface area (Å²) < 4.78 is 39.4. The lowest BCUT2D eigenvalue weighted by molar-refractivity contribution is -0.385. The van der Waals surface area contributed by atoms with Crippen LogP contribution in [0.15, 0.2) is 30.5 Å². The van der Waals surface area contributed by atoms with Crippen molar-refractivity contribution >= 4 is 11.6 Å². The lowest BCUT2D eigenvalue weighted by Gasteiger charge is -2.33. The van der Waals surface area contributed by atoms with Gasteiger partial charge in [-0.05, 0) is 13.0 Å². The molecular formula is C13H12F3N3O4. The van der Waals surface area contributed by atoms with Crippen LogP contribution >= 0.6 is 0 Å². The highest BCUT2D eigenvalue weighted by Crippen LogP contribution is 2.41. The molecule has 0 bridgehead atoms. The molecule has 0 saturated carbocycles. The Morgan fingerprint density at radius 3 is 2.65 bits per heavy atom. The van der Waals surface area contributed by atoms with Crippen molar-refractivity contribution in [2.75, 3.05) is 0 Å². The molecule has 1 heterocycles. The van der Waals surface area contributed by atoms with E-state index in [1.165, 1.54) is 13.0 Å². The van der Waals surface area contributed by atoms with Gasteiger partial charge < -0.3 is 5.11 Å². The summed E-state index contributed by atoms with van der Waals surface area (Å²) >= 11 is 0. The fraction of sp³-hybridized carbons (Fsp3) is 0.308. The van der Waals surface area contributed by atoms with Crippen molar-refractivity contribution in [2.45, 2.75) is 25.2 Å². The first-order chi connectivity index (χ1) is 10.5. The van der Waals surface area contributed by atoms with Gasteiger partial charge in [-0.2, -0.15) is 13.2 Å². The quantitative estimate of drug-likeness (QED) is 0.638. The van der Waals surface area contributed by atoms with Crippen molar-refractivity contribution in [3.63, 3.8) is 0 Å². The maximum atomic E-state index is 13.1. The zero-order chi connectivity index (χ0) is 17.6. The lowest BCUT2D eigenvalue weighted by Crippen LogP contribution is -2.60. The summed E-state index contributed by atoms with van der Waals surface area (Å²) in [6.07, 6.45) is -6.07. The number of hydrogen-bond acceptors (Lipinski definition) is 5. The van der Waals surface area contributed by atoms with E-state index in [2.05, 4.69) is 12.0 Å². The number of amides is 1. The molecule has 1 aliphatic heterocycles. The third-order valence-corrected chi connectivity index (χ3v) is 3.49. The first-order valence-corrected chi connectivity index (χ1v) is 6.31. The first-order valence-electron chi connectivity index (χ1n) is 6.31. The molecule has 7 nitrogen and oxygen atoms in total. The van der Waals surface area contributed by atoms with Crippen molar-refractivity contribution in [3.05, 3.63) is 51.7 Å². The summed E-state index contributed by atoms with van der Waals surface area (Å²) in [6.45, 7) is 4.52. The standard InChI is InChI=1S/C13H12F3N3O4/c1-7-6-12(21,13(14,15)16)18(17-7)11(20)9-4-3-5-10(8(9)2)19(22)23/h3-5,17,21H,1,6H2,2H3. The number of carbonyl (C=O) groups is 1. The molecule has 1 amide bonds. The summed E-state index contributed by atoms with van der Waals surface area (Å²) in [5.41, 5.74) is -2.45. The van der Waals surface area contributed by atoms with Gasteiger partial charge in [0.15, 0.2) is 0 Å². The number of nitrogens with zero attached hydrogens (tertiary/aromatic N) is 2. The van der Waals surface area contributed by atoms with Crippen molar-refractivity contribution in [1.29, 1.82) is 0 Å². The van der Waals surface area contributed by atoms with Crippen LogP contribution in [0.1, 0.15) is 22.3 Å². The highest BCUT2D eigenvalue weighted by atomic mass is 19.4. The Kier molecular flexibility index (Phi) is 3.81. The highest BCUT2D eigenvalue weighted by Gasteiger charge is 2.63. The van der Waals surface area contributed by atoms with E-state index in [1.807, 2.05) is 0 Å². The van der Waals surface area contributed by atoms with Crippen LogP contribution in [-0.2, 0) is 0 Å². The van der Waals surface area contributed by atoms with Crippen molar-refractivity contribution in [3.8, 4) is 0 Å². The summed E-state index contributed by atoms with van der Waals surface area (Å²) in [5, 5.41) is 20.8. The van der Waals surface area contributed by atoms with E-state index in [9.17, 15) is 33.2 Å². The molecule has 2 N–H and O–H groups in total. The second-order valence-electron chi connectivity index (χ2n) is 5.05. The van der Waals surface area contributed by atoms with Crippen LogP contribution in [0.2, 0.25) is 0 Å². The number of alkyl halides is 3. The fourth-order valence-electron chi connectivity index (χ4n) is 2.29. The molecule has 23 heavy (non-hydrogen) atoms. The van der Waals surface area contributed by atoms with Crippen molar-refractivity contribution in [1.82, 2.24) is 10.4 Å². The molecule has 1 aromatic rings. The maximum Gasteiger partial charge on any atom is 0.438 e. The minimum atomic E-state index is -5.14. The zero-order valence-electron chi connectivity index (χ0n) is 11.8. The number of nitrogens with one attached hydrogen (secondary N) is 1. The van der Waals surface area contributed by atoms with Crippen LogP contribution in [0.4, 0.5) is 18.9 Å². The van der Waals surface area contributed by atoms with E-state index in [1.54, 1.807) is 0 Å². The monoisotopic (exact) mass is 331 g/mol. The number of benzene rings is 1. The van der Waals surface area contributed by atoms with Crippen LogP contribution in [0, 0.1) is 17.0 Å². The predicted octanol–water partition coefficient (Wildman–Crippen LogP) is 2.02. The highest BCUT2D eigenvalue weighted by molar-refractivity contribution is 5.97. The number of halogens is 3. The Labute approximate surface area is 128 Å². The molecule has 10 heteroatoms. The molecule has 2 rings (SSSR count). The molecule has 1 atom stereocenters. The van der Waals surface area contributed by atoms with Crippen LogP contribution in [0.25, 0.3) is 0 Å². The minimum Gasteiger partial charge on any atom is -0.362 e. The van der Waals surface area contributed by atoms with Crippen LogP contribution < -0.4 is 5.43 Å². The predicted molar refractivity (Wildman–Crippen MR) is 71.9 cm³/mol. The maximum absolute atomic E-state index is 13.1. The van der Waals surface area contributed by atoms with Gasteiger partial charge in [0.05, 0.1) is 10.5 Å². The Morgan fingerprint density at radius 2 is 2.13 bits per heavy atom. The van der Waals surface area contributed by atoms with Gasteiger partial charge in [0.1, 0.15) is 0 Å². The number of carbonyl (C=O) groups excluding carboxylic acids is 1. The molecule has 1 saturated heterocycles. The van der Waals surface area contributed by atoms with Gasteiger partial charge in [-0.25, -0.2) is 5.01 Å². The number of hydrogen-bond donors (Lipinski definition) is 2. The van der Waals surface area contributed by atoms with Crippen LogP contribution in [-0.4, -0.2) is 32.8 Å². The zero-order valence-corrected chi connectivity index (χ0v) is 11.8. The van der Waals surface area contributed by atoms with Crippen molar-refractivity contribution in [2.24, 2.45) is 0 Å². The van der Waals surface area contributed by atoms with E-state index >= 15 is 0 Å². The molecule has 1 fully saturated rings. The molecule has 124 valence electrons. The molecule has 1 aliphatic rings. The average molecular weight is 331 g/mol. The molecule has 1 aromatic carbocycles. The largest absolute Gasteiger partial charge is 0.438 e. The van der Waals surface area contributed by atoms with Gasteiger partial charge in [-0.15, -0.1) is 0 Å². The Hall–Kier alpha value is -2.62. The smallest absolute Gasteiger partial charge is 0.362 e. The topological polar surface area (TPSA) is 95.7 Å². The summed E-state index contributed by atoms with van der Waals surface area (Å²) in [4.78, 5) is 22.5. The number of nitro groups is 1.